The largest absolute Gasteiger partial charge is 0.394 e. The molecule has 0 spiro atoms. The predicted molar refractivity (Wildman–Crippen MR) is 95.7 cm³/mol. The van der Waals surface area contributed by atoms with Crippen LogP contribution in [-0.2, 0) is 4.74 Å². The highest BCUT2D eigenvalue weighted by molar-refractivity contribution is 5.95. The first kappa shape index (κ1) is 19.2. The van der Waals surface area contributed by atoms with Gasteiger partial charge in [-0.25, -0.2) is 4.79 Å². The summed E-state index contributed by atoms with van der Waals surface area (Å²) in [7, 11) is 0. The minimum absolute atomic E-state index is 0.0343. The fourth-order valence-corrected chi connectivity index (χ4v) is 2.84. The van der Waals surface area contributed by atoms with Gasteiger partial charge in [0.25, 0.3) is 5.91 Å². The number of urea groups is 1. The third kappa shape index (κ3) is 6.03. The molecule has 0 saturated carbocycles. The molecule has 1 fully saturated rings. The van der Waals surface area contributed by atoms with Crippen LogP contribution < -0.4 is 10.6 Å². The van der Waals surface area contributed by atoms with Gasteiger partial charge < -0.3 is 25.4 Å². The highest BCUT2D eigenvalue weighted by atomic mass is 16.5. The Morgan fingerprint density at radius 3 is 2.68 bits per heavy atom. The molecule has 2 rings (SSSR count). The van der Waals surface area contributed by atoms with E-state index < -0.39 is 0 Å². The summed E-state index contributed by atoms with van der Waals surface area (Å²) in [6.07, 6.45) is 3.28. The van der Waals surface area contributed by atoms with Crippen molar-refractivity contribution >= 4 is 17.6 Å². The van der Waals surface area contributed by atoms with Gasteiger partial charge in [-0.3, -0.25) is 4.79 Å². The van der Waals surface area contributed by atoms with E-state index in [4.69, 9.17) is 9.84 Å². The lowest BCUT2D eigenvalue weighted by molar-refractivity contribution is 0.0635. The predicted octanol–water partition coefficient (Wildman–Crippen LogP) is 1.83. The average molecular weight is 349 g/mol. The van der Waals surface area contributed by atoms with E-state index in [0.717, 1.165) is 19.4 Å². The van der Waals surface area contributed by atoms with E-state index in [1.807, 2.05) is 4.90 Å². The minimum Gasteiger partial charge on any atom is -0.394 e. The molecule has 1 aliphatic heterocycles. The fourth-order valence-electron chi connectivity index (χ4n) is 2.84. The normalized spacial score (nSPS) is 17.2. The van der Waals surface area contributed by atoms with Gasteiger partial charge in [-0.05, 0) is 50.5 Å². The van der Waals surface area contributed by atoms with Crippen LogP contribution in [0.4, 0.5) is 10.5 Å². The third-order valence-electron chi connectivity index (χ3n) is 4.22. The van der Waals surface area contributed by atoms with Crippen LogP contribution in [-0.4, -0.2) is 60.9 Å². The van der Waals surface area contributed by atoms with Crippen LogP contribution in [0.15, 0.2) is 24.3 Å². The van der Waals surface area contributed by atoms with E-state index in [0.29, 0.717) is 24.4 Å². The number of anilines is 1. The number of carbonyl (C=O) groups excluding carboxylic acids is 2. The van der Waals surface area contributed by atoms with Gasteiger partial charge in [0.1, 0.15) is 0 Å². The summed E-state index contributed by atoms with van der Waals surface area (Å²) in [5, 5.41) is 13.9. The Morgan fingerprint density at radius 1 is 1.24 bits per heavy atom. The number of piperidine rings is 1. The molecule has 138 valence electrons. The summed E-state index contributed by atoms with van der Waals surface area (Å²) < 4.78 is 5.06. The lowest BCUT2D eigenvalue weighted by Gasteiger charge is -2.33. The quantitative estimate of drug-likeness (QED) is 0.655. The van der Waals surface area contributed by atoms with Crippen molar-refractivity contribution in [2.24, 2.45) is 0 Å². The molecule has 0 aromatic heterocycles. The molecule has 1 aromatic rings. The molecule has 3 N–H and O–H groups in total. The molecular weight excluding hydrogens is 322 g/mol. The molecule has 3 amide bonds. The number of hydrogen-bond acceptors (Lipinski definition) is 4. The Morgan fingerprint density at radius 2 is 2.00 bits per heavy atom. The number of rotatable bonds is 7. The summed E-state index contributed by atoms with van der Waals surface area (Å²) in [4.78, 5) is 26.2. The van der Waals surface area contributed by atoms with Gasteiger partial charge in [-0.2, -0.15) is 0 Å². The highest BCUT2D eigenvalue weighted by Gasteiger charge is 2.23. The van der Waals surface area contributed by atoms with Crippen molar-refractivity contribution in [2.45, 2.75) is 32.2 Å². The Hall–Kier alpha value is -2.12. The second-order valence-corrected chi connectivity index (χ2v) is 6.14. The topological polar surface area (TPSA) is 90.9 Å². The number of amides is 3. The van der Waals surface area contributed by atoms with Crippen molar-refractivity contribution in [3.05, 3.63) is 29.8 Å². The molecule has 0 unspecified atom stereocenters. The Balaban J connectivity index is 1.81. The smallest absolute Gasteiger partial charge is 0.319 e. The van der Waals surface area contributed by atoms with E-state index in [9.17, 15) is 9.59 Å². The molecular formula is C18H27N3O4. The number of ether oxygens (including phenoxy) is 1. The van der Waals surface area contributed by atoms with Crippen molar-refractivity contribution in [1.29, 1.82) is 0 Å². The Bertz CT molecular complexity index is 562. The van der Waals surface area contributed by atoms with Crippen LogP contribution in [0.1, 0.15) is 36.5 Å². The SMILES string of the molecule is C[C@@H]1CCCCN1C(=O)c1ccc(NC(=O)NCCOCCO)cc1. The molecule has 0 bridgehead atoms. The fraction of sp³-hybridized carbons (Fsp3) is 0.556. The Labute approximate surface area is 148 Å². The van der Waals surface area contributed by atoms with Crippen molar-refractivity contribution in [3.63, 3.8) is 0 Å². The number of hydrogen-bond donors (Lipinski definition) is 3. The lowest BCUT2D eigenvalue weighted by Crippen LogP contribution is -2.42. The average Bonchev–Trinajstić information content (AvgIpc) is 2.62. The van der Waals surface area contributed by atoms with Crippen molar-refractivity contribution in [1.82, 2.24) is 10.2 Å². The van der Waals surface area contributed by atoms with Gasteiger partial charge in [0.15, 0.2) is 0 Å². The first-order valence-electron chi connectivity index (χ1n) is 8.76. The zero-order chi connectivity index (χ0) is 18.1. The van der Waals surface area contributed by atoms with E-state index in [2.05, 4.69) is 17.6 Å². The maximum absolute atomic E-state index is 12.6. The molecule has 25 heavy (non-hydrogen) atoms. The summed E-state index contributed by atoms with van der Waals surface area (Å²) in [6.45, 7) is 3.81. The summed E-state index contributed by atoms with van der Waals surface area (Å²) >= 11 is 0. The van der Waals surface area contributed by atoms with Gasteiger partial charge >= 0.3 is 6.03 Å². The zero-order valence-electron chi connectivity index (χ0n) is 14.7. The second-order valence-electron chi connectivity index (χ2n) is 6.14. The molecule has 1 heterocycles. The van der Waals surface area contributed by atoms with Crippen LogP contribution in [0, 0.1) is 0 Å². The Kier molecular flexibility index (Phi) is 7.69. The monoisotopic (exact) mass is 349 g/mol. The summed E-state index contributed by atoms with van der Waals surface area (Å²) in [5.74, 6) is 0.0456. The minimum atomic E-state index is -0.337. The molecule has 1 aliphatic rings. The number of carbonyl (C=O) groups is 2. The zero-order valence-corrected chi connectivity index (χ0v) is 14.7. The first-order chi connectivity index (χ1) is 12.1. The van der Waals surface area contributed by atoms with E-state index >= 15 is 0 Å². The number of nitrogens with zero attached hydrogens (tertiary/aromatic N) is 1. The van der Waals surface area contributed by atoms with Crippen LogP contribution >= 0.6 is 0 Å². The van der Waals surface area contributed by atoms with E-state index in [1.165, 1.54) is 6.42 Å². The van der Waals surface area contributed by atoms with E-state index in [-0.39, 0.29) is 31.2 Å². The number of likely N-dealkylation sites (tertiary alicyclic amines) is 1. The van der Waals surface area contributed by atoms with Crippen LogP contribution in [0.2, 0.25) is 0 Å². The maximum Gasteiger partial charge on any atom is 0.319 e. The van der Waals surface area contributed by atoms with Crippen LogP contribution in [0.25, 0.3) is 0 Å². The molecule has 0 radical (unpaired) electrons. The van der Waals surface area contributed by atoms with Crippen molar-refractivity contribution < 1.29 is 19.4 Å². The second kappa shape index (κ2) is 10.0. The van der Waals surface area contributed by atoms with Gasteiger partial charge in [0, 0.05) is 30.4 Å². The molecule has 7 heteroatoms. The van der Waals surface area contributed by atoms with Crippen molar-refractivity contribution in [2.75, 3.05) is 38.2 Å². The number of nitrogens with one attached hydrogen (secondary N) is 2. The van der Waals surface area contributed by atoms with Crippen molar-refractivity contribution in [3.8, 4) is 0 Å². The van der Waals surface area contributed by atoms with Gasteiger partial charge in [-0.1, -0.05) is 0 Å². The molecule has 0 aliphatic carbocycles. The number of aliphatic hydroxyl groups excluding tert-OH is 1. The summed E-state index contributed by atoms with van der Waals surface area (Å²) in [5.41, 5.74) is 1.26. The molecule has 1 saturated heterocycles. The standard InChI is InChI=1S/C18H27N3O4/c1-14-4-2-3-10-21(14)17(23)15-5-7-16(8-6-15)20-18(24)19-9-12-25-13-11-22/h5-8,14,22H,2-4,9-13H2,1H3,(H2,19,20,24)/t14-/m1/s1. The van der Waals surface area contributed by atoms with Gasteiger partial charge in [0.2, 0.25) is 0 Å². The highest BCUT2D eigenvalue weighted by Crippen LogP contribution is 2.20. The van der Waals surface area contributed by atoms with Gasteiger partial charge in [-0.15, -0.1) is 0 Å². The molecule has 7 nitrogen and oxygen atoms in total. The number of benzene rings is 1. The molecule has 1 atom stereocenters. The first-order valence-corrected chi connectivity index (χ1v) is 8.76. The summed E-state index contributed by atoms with van der Waals surface area (Å²) in [6, 6.07) is 6.87. The lowest BCUT2D eigenvalue weighted by atomic mass is 10.0. The molecule has 1 aromatic carbocycles. The van der Waals surface area contributed by atoms with E-state index in [1.54, 1.807) is 24.3 Å². The van der Waals surface area contributed by atoms with Gasteiger partial charge in [0.05, 0.1) is 19.8 Å². The number of aliphatic hydroxyl groups is 1. The van der Waals surface area contributed by atoms with Crippen LogP contribution in [0.3, 0.4) is 0 Å². The maximum atomic E-state index is 12.6. The van der Waals surface area contributed by atoms with Crippen LogP contribution in [0.5, 0.6) is 0 Å². The third-order valence-corrected chi connectivity index (χ3v) is 4.22.